The highest BCUT2D eigenvalue weighted by Crippen LogP contribution is 2.39. The molecular formula is C21H21NO6. The Kier molecular flexibility index (Phi) is 5.74. The molecule has 3 aromatic rings. The van der Waals surface area contributed by atoms with E-state index in [-0.39, 0.29) is 18.2 Å². The van der Waals surface area contributed by atoms with Crippen molar-refractivity contribution in [2.45, 2.75) is 6.54 Å². The van der Waals surface area contributed by atoms with Crippen LogP contribution in [-0.2, 0) is 6.54 Å². The lowest BCUT2D eigenvalue weighted by atomic mass is 10.1. The summed E-state index contributed by atoms with van der Waals surface area (Å²) in [6.45, 7) is 0.216. The predicted octanol–water partition coefficient (Wildman–Crippen LogP) is 3.86. The van der Waals surface area contributed by atoms with Crippen LogP contribution in [0.4, 0.5) is 5.69 Å². The van der Waals surface area contributed by atoms with Crippen molar-refractivity contribution in [1.29, 1.82) is 0 Å². The SMILES string of the molecule is COc1cc(C(=O)N(Cc2ccco2)c2ccc(O)cc2)cc(OC)c1OC. The molecule has 3 rings (SSSR count). The molecule has 7 heteroatoms. The van der Waals surface area contributed by atoms with Gasteiger partial charge in [0.2, 0.25) is 5.75 Å². The number of nitrogens with zero attached hydrogens (tertiary/aromatic N) is 1. The van der Waals surface area contributed by atoms with Gasteiger partial charge < -0.3 is 28.6 Å². The summed E-state index contributed by atoms with van der Waals surface area (Å²) >= 11 is 0. The number of rotatable bonds is 7. The van der Waals surface area contributed by atoms with Gasteiger partial charge in [-0.2, -0.15) is 0 Å². The Hall–Kier alpha value is -3.61. The van der Waals surface area contributed by atoms with Crippen LogP contribution in [0.15, 0.2) is 59.2 Å². The minimum absolute atomic E-state index is 0.113. The molecule has 28 heavy (non-hydrogen) atoms. The second-order valence-electron chi connectivity index (χ2n) is 5.90. The van der Waals surface area contributed by atoms with Crippen LogP contribution in [0.1, 0.15) is 16.1 Å². The van der Waals surface area contributed by atoms with E-state index in [4.69, 9.17) is 18.6 Å². The quantitative estimate of drug-likeness (QED) is 0.667. The number of anilines is 1. The number of carbonyl (C=O) groups is 1. The van der Waals surface area contributed by atoms with Crippen molar-refractivity contribution in [2.24, 2.45) is 0 Å². The molecule has 0 unspecified atom stereocenters. The fourth-order valence-corrected chi connectivity index (χ4v) is 2.83. The van der Waals surface area contributed by atoms with E-state index in [0.29, 0.717) is 34.3 Å². The molecule has 0 aliphatic heterocycles. The van der Waals surface area contributed by atoms with E-state index in [0.717, 1.165) is 0 Å². The number of carbonyl (C=O) groups excluding carboxylic acids is 1. The van der Waals surface area contributed by atoms with E-state index >= 15 is 0 Å². The largest absolute Gasteiger partial charge is 0.508 e. The maximum atomic E-state index is 13.4. The van der Waals surface area contributed by atoms with Gasteiger partial charge in [0.05, 0.1) is 34.1 Å². The average Bonchev–Trinajstić information content (AvgIpc) is 3.24. The molecule has 1 N–H and O–H groups in total. The van der Waals surface area contributed by atoms with Crippen LogP contribution in [0, 0.1) is 0 Å². The number of hydrogen-bond acceptors (Lipinski definition) is 6. The number of phenolic OH excluding ortho intramolecular Hbond substituents is 1. The molecule has 1 heterocycles. The molecule has 0 aliphatic carbocycles. The molecule has 0 spiro atoms. The Morgan fingerprint density at radius 2 is 1.64 bits per heavy atom. The number of phenols is 1. The third-order valence-electron chi connectivity index (χ3n) is 4.21. The van der Waals surface area contributed by atoms with Gasteiger partial charge >= 0.3 is 0 Å². The molecule has 0 fully saturated rings. The van der Waals surface area contributed by atoms with Gasteiger partial charge in [0.25, 0.3) is 5.91 Å². The van der Waals surface area contributed by atoms with Crippen molar-refractivity contribution in [3.05, 3.63) is 66.1 Å². The number of ether oxygens (including phenoxy) is 3. The maximum absolute atomic E-state index is 13.4. The van der Waals surface area contributed by atoms with Crippen molar-refractivity contribution in [1.82, 2.24) is 0 Å². The van der Waals surface area contributed by atoms with Crippen LogP contribution in [0.5, 0.6) is 23.0 Å². The molecule has 1 amide bonds. The van der Waals surface area contributed by atoms with Crippen molar-refractivity contribution in [3.8, 4) is 23.0 Å². The lowest BCUT2D eigenvalue weighted by molar-refractivity contribution is 0.0982. The highest BCUT2D eigenvalue weighted by atomic mass is 16.5. The summed E-state index contributed by atoms with van der Waals surface area (Å²) in [5.41, 5.74) is 0.960. The number of benzene rings is 2. The molecule has 0 saturated heterocycles. The summed E-state index contributed by atoms with van der Waals surface area (Å²) in [7, 11) is 4.49. The second kappa shape index (κ2) is 8.39. The van der Waals surface area contributed by atoms with Gasteiger partial charge in [-0.1, -0.05) is 0 Å². The molecule has 146 valence electrons. The van der Waals surface area contributed by atoms with E-state index < -0.39 is 0 Å². The van der Waals surface area contributed by atoms with E-state index in [1.807, 2.05) is 0 Å². The van der Waals surface area contributed by atoms with Gasteiger partial charge in [0, 0.05) is 11.3 Å². The number of methoxy groups -OCH3 is 3. The molecule has 7 nitrogen and oxygen atoms in total. The molecule has 2 aromatic carbocycles. The zero-order valence-corrected chi connectivity index (χ0v) is 15.8. The van der Waals surface area contributed by atoms with Crippen LogP contribution < -0.4 is 19.1 Å². The average molecular weight is 383 g/mol. The summed E-state index contributed by atoms with van der Waals surface area (Å²) in [5, 5.41) is 9.58. The van der Waals surface area contributed by atoms with E-state index in [2.05, 4.69) is 0 Å². The third-order valence-corrected chi connectivity index (χ3v) is 4.21. The first-order valence-electron chi connectivity index (χ1n) is 8.50. The fourth-order valence-electron chi connectivity index (χ4n) is 2.83. The van der Waals surface area contributed by atoms with Gasteiger partial charge in [-0.15, -0.1) is 0 Å². The number of furan rings is 1. The van der Waals surface area contributed by atoms with Gasteiger partial charge in [-0.05, 0) is 48.5 Å². The number of amides is 1. The Balaban J connectivity index is 2.04. The third kappa shape index (κ3) is 3.88. The first-order chi connectivity index (χ1) is 13.6. The van der Waals surface area contributed by atoms with Crippen LogP contribution in [0.3, 0.4) is 0 Å². The zero-order valence-electron chi connectivity index (χ0n) is 15.8. The van der Waals surface area contributed by atoms with Crippen LogP contribution in [0.2, 0.25) is 0 Å². The van der Waals surface area contributed by atoms with Gasteiger partial charge in [0.1, 0.15) is 11.5 Å². The van der Waals surface area contributed by atoms with Crippen molar-refractivity contribution >= 4 is 11.6 Å². The summed E-state index contributed by atoms with van der Waals surface area (Å²) < 4.78 is 21.4. The molecular weight excluding hydrogens is 362 g/mol. The summed E-state index contributed by atoms with van der Waals surface area (Å²) in [6, 6.07) is 13.1. The first kappa shape index (κ1) is 19.2. The Morgan fingerprint density at radius 1 is 1.00 bits per heavy atom. The summed E-state index contributed by atoms with van der Waals surface area (Å²) in [6.07, 6.45) is 1.55. The van der Waals surface area contributed by atoms with E-state index in [1.165, 1.54) is 33.5 Å². The van der Waals surface area contributed by atoms with Crippen LogP contribution >= 0.6 is 0 Å². The minimum atomic E-state index is -0.290. The van der Waals surface area contributed by atoms with Gasteiger partial charge in [0.15, 0.2) is 11.5 Å². The monoisotopic (exact) mass is 383 g/mol. The lowest BCUT2D eigenvalue weighted by Crippen LogP contribution is -2.30. The number of aromatic hydroxyl groups is 1. The normalized spacial score (nSPS) is 10.4. The first-order valence-corrected chi connectivity index (χ1v) is 8.50. The van der Waals surface area contributed by atoms with Crippen LogP contribution in [0.25, 0.3) is 0 Å². The van der Waals surface area contributed by atoms with Gasteiger partial charge in [-0.25, -0.2) is 0 Å². The predicted molar refractivity (Wildman–Crippen MR) is 103 cm³/mol. The van der Waals surface area contributed by atoms with E-state index in [1.54, 1.807) is 47.6 Å². The van der Waals surface area contributed by atoms with Crippen molar-refractivity contribution in [2.75, 3.05) is 26.2 Å². The molecule has 0 saturated carbocycles. The Morgan fingerprint density at radius 3 is 2.14 bits per heavy atom. The second-order valence-corrected chi connectivity index (χ2v) is 5.90. The highest BCUT2D eigenvalue weighted by molar-refractivity contribution is 6.06. The summed E-state index contributed by atoms with van der Waals surface area (Å²) in [4.78, 5) is 14.9. The van der Waals surface area contributed by atoms with Crippen molar-refractivity contribution in [3.63, 3.8) is 0 Å². The Bertz CT molecular complexity index is 909. The van der Waals surface area contributed by atoms with Crippen molar-refractivity contribution < 1.29 is 28.5 Å². The molecule has 0 atom stereocenters. The lowest BCUT2D eigenvalue weighted by Gasteiger charge is -2.23. The minimum Gasteiger partial charge on any atom is -0.508 e. The van der Waals surface area contributed by atoms with Gasteiger partial charge in [-0.3, -0.25) is 4.79 Å². The fraction of sp³-hybridized carbons (Fsp3) is 0.190. The summed E-state index contributed by atoms with van der Waals surface area (Å²) in [5.74, 6) is 1.61. The smallest absolute Gasteiger partial charge is 0.258 e. The number of hydrogen-bond donors (Lipinski definition) is 1. The zero-order chi connectivity index (χ0) is 20.1. The highest BCUT2D eigenvalue weighted by Gasteiger charge is 2.23. The maximum Gasteiger partial charge on any atom is 0.258 e. The Labute approximate surface area is 162 Å². The standard InChI is InChI=1S/C21H21NO6/c1-25-18-11-14(12-19(26-2)20(18)27-3)21(24)22(13-17-5-4-10-28-17)15-6-8-16(23)9-7-15/h4-12,23H,13H2,1-3H3. The molecule has 1 aromatic heterocycles. The topological polar surface area (TPSA) is 81.4 Å². The molecule has 0 bridgehead atoms. The van der Waals surface area contributed by atoms with Crippen LogP contribution in [-0.4, -0.2) is 32.3 Å². The molecule has 0 radical (unpaired) electrons. The van der Waals surface area contributed by atoms with E-state index in [9.17, 15) is 9.90 Å². The molecule has 0 aliphatic rings.